The van der Waals surface area contributed by atoms with E-state index in [0.717, 1.165) is 44.8 Å². The van der Waals surface area contributed by atoms with E-state index in [2.05, 4.69) is 33.8 Å². The van der Waals surface area contributed by atoms with Gasteiger partial charge in [0.15, 0.2) is 0 Å². The lowest BCUT2D eigenvalue weighted by Crippen LogP contribution is -2.52. The largest absolute Gasteiger partial charge is 0.393 e. The third-order valence-corrected chi connectivity index (χ3v) is 5.81. The van der Waals surface area contributed by atoms with Crippen LogP contribution >= 0.6 is 0 Å². The maximum atomic E-state index is 10.9. The molecule has 2 fully saturated rings. The summed E-state index contributed by atoms with van der Waals surface area (Å²) >= 11 is 0. The van der Waals surface area contributed by atoms with Gasteiger partial charge in [-0.25, -0.2) is 0 Å². The van der Waals surface area contributed by atoms with Crippen molar-refractivity contribution < 1.29 is 19.4 Å². The van der Waals surface area contributed by atoms with Crippen molar-refractivity contribution in [3.63, 3.8) is 0 Å². The third-order valence-electron chi connectivity index (χ3n) is 5.81. The molecule has 24 heavy (non-hydrogen) atoms. The van der Waals surface area contributed by atoms with E-state index in [1.54, 1.807) is 0 Å². The second-order valence-electron chi connectivity index (χ2n) is 8.25. The number of rotatable bonds is 9. The average molecular weight is 338 g/mol. The van der Waals surface area contributed by atoms with E-state index in [4.69, 9.17) is 9.47 Å². The van der Waals surface area contributed by atoms with E-state index < -0.39 is 0 Å². The Hall–Kier alpha value is -0.710. The molecule has 0 saturated carbocycles. The van der Waals surface area contributed by atoms with Gasteiger partial charge in [-0.2, -0.15) is 0 Å². The van der Waals surface area contributed by atoms with Crippen molar-refractivity contribution >= 4 is 6.29 Å². The van der Waals surface area contributed by atoms with Crippen LogP contribution < -0.4 is 0 Å². The molecule has 138 valence electrons. The fraction of sp³-hybridized carbons (Fsp3) is 0.850. The van der Waals surface area contributed by atoms with Crippen LogP contribution in [0.5, 0.6) is 0 Å². The predicted molar refractivity (Wildman–Crippen MR) is 94.9 cm³/mol. The average Bonchev–Trinajstić information content (AvgIpc) is 2.91. The summed E-state index contributed by atoms with van der Waals surface area (Å²) in [6.45, 7) is 8.90. The highest BCUT2D eigenvalue weighted by molar-refractivity contribution is 5.51. The number of allylic oxidation sites excluding steroid dienone is 1. The molecule has 2 unspecified atom stereocenters. The lowest BCUT2D eigenvalue weighted by Gasteiger charge is -2.44. The van der Waals surface area contributed by atoms with Gasteiger partial charge in [0.25, 0.3) is 0 Å². The summed E-state index contributed by atoms with van der Waals surface area (Å²) in [5, 5.41) is 10.2. The van der Waals surface area contributed by atoms with Crippen molar-refractivity contribution in [2.75, 3.05) is 6.61 Å². The molecule has 0 radical (unpaired) electrons. The van der Waals surface area contributed by atoms with Crippen molar-refractivity contribution in [3.8, 4) is 0 Å². The van der Waals surface area contributed by atoms with Crippen LogP contribution in [0.15, 0.2) is 11.6 Å². The summed E-state index contributed by atoms with van der Waals surface area (Å²) in [7, 11) is 0. The fourth-order valence-corrected chi connectivity index (χ4v) is 3.89. The van der Waals surface area contributed by atoms with Gasteiger partial charge in [-0.05, 0) is 58.8 Å². The molecule has 2 aliphatic heterocycles. The molecule has 5 atom stereocenters. The van der Waals surface area contributed by atoms with E-state index in [0.29, 0.717) is 13.0 Å². The summed E-state index contributed by atoms with van der Waals surface area (Å²) in [5.41, 5.74) is 0.634. The van der Waals surface area contributed by atoms with Crippen LogP contribution in [-0.4, -0.2) is 41.4 Å². The van der Waals surface area contributed by atoms with Crippen LogP contribution in [0.3, 0.4) is 0 Å². The highest BCUT2D eigenvalue weighted by atomic mass is 16.6. The maximum Gasteiger partial charge on any atom is 0.122 e. The number of aldehydes is 1. The van der Waals surface area contributed by atoms with Gasteiger partial charge in [-0.15, -0.1) is 0 Å². The van der Waals surface area contributed by atoms with Crippen LogP contribution in [0.4, 0.5) is 0 Å². The molecule has 2 aliphatic rings. The first-order valence-electron chi connectivity index (χ1n) is 9.37. The molecule has 4 heteroatoms. The standard InChI is InChI=1S/C20H34O4/c1-15(2)7-8-17(22)16(3)6-5-10-19(4)18-9-11-20(24-18,12-13-21)14-23-19/h7,13,16-18,22H,5-6,8-12,14H2,1-4H3/t16?,17?,18-,19+,20-/m1/s1. The molecule has 2 bridgehead atoms. The highest BCUT2D eigenvalue weighted by Crippen LogP contribution is 2.45. The third kappa shape index (κ3) is 4.68. The van der Waals surface area contributed by atoms with Gasteiger partial charge in [-0.3, -0.25) is 0 Å². The molecule has 0 amide bonds. The molecule has 0 aromatic carbocycles. The number of carbonyl (C=O) groups excluding carboxylic acids is 1. The normalized spacial score (nSPS) is 34.6. The number of carbonyl (C=O) groups is 1. The number of aliphatic hydroxyl groups excluding tert-OH is 1. The lowest BCUT2D eigenvalue weighted by atomic mass is 9.87. The molecule has 2 rings (SSSR count). The fourth-order valence-electron chi connectivity index (χ4n) is 3.89. The molecule has 0 aromatic heterocycles. The minimum Gasteiger partial charge on any atom is -0.393 e. The lowest BCUT2D eigenvalue weighted by molar-refractivity contribution is -0.240. The SMILES string of the molecule is CC(C)=CCC(O)C(C)CCC[C@]1(C)OC[C@]2(CC=O)CC[C@H]1O2. The summed E-state index contributed by atoms with van der Waals surface area (Å²) in [4.78, 5) is 10.9. The Labute approximate surface area is 146 Å². The van der Waals surface area contributed by atoms with E-state index in [1.807, 2.05) is 0 Å². The summed E-state index contributed by atoms with van der Waals surface area (Å²) in [6, 6.07) is 0. The van der Waals surface area contributed by atoms with Crippen LogP contribution in [0.2, 0.25) is 0 Å². The Morgan fingerprint density at radius 2 is 2.17 bits per heavy atom. The minimum absolute atomic E-state index is 0.0945. The van der Waals surface area contributed by atoms with E-state index in [1.165, 1.54) is 5.57 Å². The summed E-state index contributed by atoms with van der Waals surface area (Å²) in [5.74, 6) is 0.284. The van der Waals surface area contributed by atoms with Gasteiger partial charge in [-0.1, -0.05) is 25.0 Å². The zero-order valence-corrected chi connectivity index (χ0v) is 15.7. The van der Waals surface area contributed by atoms with Gasteiger partial charge in [0.2, 0.25) is 0 Å². The summed E-state index contributed by atoms with van der Waals surface area (Å²) in [6.07, 6.45) is 8.88. The molecular formula is C20H34O4. The Morgan fingerprint density at radius 1 is 1.42 bits per heavy atom. The smallest absolute Gasteiger partial charge is 0.122 e. The Morgan fingerprint density at radius 3 is 2.83 bits per heavy atom. The molecule has 2 saturated heterocycles. The first-order chi connectivity index (χ1) is 11.3. The monoisotopic (exact) mass is 338 g/mol. The molecular weight excluding hydrogens is 304 g/mol. The molecule has 0 spiro atoms. The van der Waals surface area contributed by atoms with Crippen LogP contribution in [-0.2, 0) is 14.3 Å². The van der Waals surface area contributed by atoms with Crippen molar-refractivity contribution in [1.82, 2.24) is 0 Å². The van der Waals surface area contributed by atoms with Crippen LogP contribution in [0.25, 0.3) is 0 Å². The van der Waals surface area contributed by atoms with Gasteiger partial charge in [0, 0.05) is 6.42 Å². The number of ether oxygens (including phenoxy) is 2. The Bertz CT molecular complexity index is 457. The van der Waals surface area contributed by atoms with E-state index in [-0.39, 0.29) is 29.3 Å². The van der Waals surface area contributed by atoms with Crippen molar-refractivity contribution in [3.05, 3.63) is 11.6 Å². The van der Waals surface area contributed by atoms with Crippen molar-refractivity contribution in [1.29, 1.82) is 0 Å². The number of fused-ring (bicyclic) bond motifs is 2. The maximum absolute atomic E-state index is 10.9. The zero-order valence-electron chi connectivity index (χ0n) is 15.7. The molecule has 0 aliphatic carbocycles. The van der Waals surface area contributed by atoms with Gasteiger partial charge < -0.3 is 19.4 Å². The van der Waals surface area contributed by atoms with Crippen LogP contribution in [0, 0.1) is 5.92 Å². The molecule has 0 aromatic rings. The van der Waals surface area contributed by atoms with Crippen molar-refractivity contribution in [2.45, 2.75) is 96.1 Å². The predicted octanol–water partition coefficient (Wildman–Crippen LogP) is 3.81. The Balaban J connectivity index is 1.78. The highest BCUT2D eigenvalue weighted by Gasteiger charge is 2.53. The first-order valence-corrected chi connectivity index (χ1v) is 9.37. The number of hydrogen-bond acceptors (Lipinski definition) is 4. The molecule has 1 N–H and O–H groups in total. The summed E-state index contributed by atoms with van der Waals surface area (Å²) < 4.78 is 12.4. The quantitative estimate of drug-likeness (QED) is 0.513. The first kappa shape index (κ1) is 19.6. The van der Waals surface area contributed by atoms with E-state index >= 15 is 0 Å². The molecule has 2 heterocycles. The minimum atomic E-state index is -0.361. The number of aliphatic hydroxyl groups is 1. The second-order valence-corrected chi connectivity index (χ2v) is 8.25. The zero-order chi connectivity index (χ0) is 17.8. The van der Waals surface area contributed by atoms with Crippen LogP contribution in [0.1, 0.15) is 72.6 Å². The Kier molecular flexibility index (Phi) is 6.63. The van der Waals surface area contributed by atoms with Gasteiger partial charge >= 0.3 is 0 Å². The van der Waals surface area contributed by atoms with Crippen molar-refractivity contribution in [2.24, 2.45) is 5.92 Å². The topological polar surface area (TPSA) is 55.8 Å². The van der Waals surface area contributed by atoms with Gasteiger partial charge in [0.05, 0.1) is 30.0 Å². The molecule has 4 nitrogen and oxygen atoms in total. The second kappa shape index (κ2) is 8.11. The number of hydrogen-bond donors (Lipinski definition) is 1. The van der Waals surface area contributed by atoms with E-state index in [9.17, 15) is 9.90 Å². The van der Waals surface area contributed by atoms with Gasteiger partial charge in [0.1, 0.15) is 6.29 Å².